The first kappa shape index (κ1) is 19.0. The minimum atomic E-state index is -0.148. The van der Waals surface area contributed by atoms with Crippen LogP contribution in [0.15, 0.2) is 55.1 Å². The van der Waals surface area contributed by atoms with Crippen molar-refractivity contribution in [2.24, 2.45) is 0 Å². The fourth-order valence-corrected chi connectivity index (χ4v) is 3.44. The Morgan fingerprint density at radius 1 is 0.966 bits per heavy atom. The van der Waals surface area contributed by atoms with E-state index in [2.05, 4.69) is 25.3 Å². The molecule has 0 unspecified atom stereocenters. The van der Waals surface area contributed by atoms with Crippen LogP contribution in [0.5, 0.6) is 5.75 Å². The number of aryl methyl sites for hydroxylation is 1. The minimum Gasteiger partial charge on any atom is -0.489 e. The van der Waals surface area contributed by atoms with Crippen LogP contribution in [0.2, 0.25) is 0 Å². The molecule has 148 valence electrons. The van der Waals surface area contributed by atoms with Crippen LogP contribution in [0.4, 0.5) is 0 Å². The summed E-state index contributed by atoms with van der Waals surface area (Å²) in [4.78, 5) is 29.5. The molecule has 1 saturated carbocycles. The van der Waals surface area contributed by atoms with Crippen molar-refractivity contribution < 1.29 is 9.53 Å². The molecule has 1 N–H and O–H groups in total. The molecule has 0 atom stereocenters. The number of pyridine rings is 2. The summed E-state index contributed by atoms with van der Waals surface area (Å²) < 4.78 is 6.08. The summed E-state index contributed by atoms with van der Waals surface area (Å²) in [6, 6.07) is 9.51. The molecule has 7 nitrogen and oxygen atoms in total. The van der Waals surface area contributed by atoms with E-state index in [9.17, 15) is 4.79 Å². The lowest BCUT2D eigenvalue weighted by atomic mass is 9.92. The Bertz CT molecular complexity index is 954. The van der Waals surface area contributed by atoms with Crippen LogP contribution in [0.25, 0.3) is 11.5 Å². The van der Waals surface area contributed by atoms with Crippen LogP contribution < -0.4 is 10.1 Å². The molecule has 1 fully saturated rings. The maximum absolute atomic E-state index is 12.5. The van der Waals surface area contributed by atoms with Gasteiger partial charge in [0.05, 0.1) is 17.4 Å². The number of hydrogen-bond acceptors (Lipinski definition) is 6. The zero-order valence-electron chi connectivity index (χ0n) is 16.3. The number of carbonyl (C=O) groups excluding carboxylic acids is 1. The van der Waals surface area contributed by atoms with Crippen LogP contribution in [-0.2, 0) is 0 Å². The second-order valence-corrected chi connectivity index (χ2v) is 7.16. The molecule has 4 rings (SSSR count). The topological polar surface area (TPSA) is 89.9 Å². The van der Waals surface area contributed by atoms with E-state index in [1.54, 1.807) is 24.8 Å². The van der Waals surface area contributed by atoms with Gasteiger partial charge in [-0.3, -0.25) is 14.8 Å². The summed E-state index contributed by atoms with van der Waals surface area (Å²) in [6.45, 7) is 1.95. The predicted molar refractivity (Wildman–Crippen MR) is 108 cm³/mol. The zero-order valence-corrected chi connectivity index (χ0v) is 16.3. The number of aromatic nitrogens is 4. The van der Waals surface area contributed by atoms with Crippen LogP contribution in [-0.4, -0.2) is 38.0 Å². The maximum atomic E-state index is 12.5. The summed E-state index contributed by atoms with van der Waals surface area (Å²) in [5.41, 5.74) is 2.03. The molecule has 0 radical (unpaired) electrons. The smallest absolute Gasteiger partial charge is 0.254 e. The van der Waals surface area contributed by atoms with E-state index in [1.807, 2.05) is 37.3 Å². The molecule has 7 heteroatoms. The first-order valence-corrected chi connectivity index (χ1v) is 9.81. The average Bonchev–Trinajstić information content (AvgIpc) is 2.77. The zero-order chi connectivity index (χ0) is 20.1. The van der Waals surface area contributed by atoms with Crippen molar-refractivity contribution in [3.05, 3.63) is 66.4 Å². The Labute approximate surface area is 169 Å². The number of carbonyl (C=O) groups is 1. The second-order valence-electron chi connectivity index (χ2n) is 7.16. The first-order chi connectivity index (χ1) is 14.2. The van der Waals surface area contributed by atoms with E-state index in [4.69, 9.17) is 4.74 Å². The summed E-state index contributed by atoms with van der Waals surface area (Å²) >= 11 is 0. The molecule has 1 aliphatic rings. The van der Waals surface area contributed by atoms with E-state index in [0.717, 1.165) is 37.1 Å². The standard InChI is InChI=1S/C22H23N5O2/c1-15-20(6-4-12-23-15)29-18-9-7-17(8-10-18)27-22(28)16-13-25-21(26-14-16)19-5-2-3-11-24-19/h2-6,11-14,17-18H,7-10H2,1H3,(H,27,28). The van der Waals surface area contributed by atoms with E-state index < -0.39 is 0 Å². The van der Waals surface area contributed by atoms with Crippen molar-refractivity contribution in [3.8, 4) is 17.3 Å². The van der Waals surface area contributed by atoms with Crippen LogP contribution >= 0.6 is 0 Å². The van der Waals surface area contributed by atoms with Crippen molar-refractivity contribution in [1.29, 1.82) is 0 Å². The first-order valence-electron chi connectivity index (χ1n) is 9.81. The van der Waals surface area contributed by atoms with Gasteiger partial charge in [0.2, 0.25) is 0 Å². The van der Waals surface area contributed by atoms with Gasteiger partial charge in [-0.25, -0.2) is 9.97 Å². The van der Waals surface area contributed by atoms with Gasteiger partial charge in [0.15, 0.2) is 5.82 Å². The van der Waals surface area contributed by atoms with E-state index in [1.165, 1.54) is 0 Å². The highest BCUT2D eigenvalue weighted by Gasteiger charge is 2.24. The largest absolute Gasteiger partial charge is 0.489 e. The number of rotatable bonds is 5. The molecular formula is C22H23N5O2. The Morgan fingerprint density at radius 2 is 1.72 bits per heavy atom. The molecule has 3 heterocycles. The van der Waals surface area contributed by atoms with E-state index >= 15 is 0 Å². The molecule has 1 amide bonds. The maximum Gasteiger partial charge on any atom is 0.254 e. The van der Waals surface area contributed by atoms with Gasteiger partial charge < -0.3 is 10.1 Å². The lowest BCUT2D eigenvalue weighted by molar-refractivity contribution is 0.0892. The van der Waals surface area contributed by atoms with Crippen molar-refractivity contribution in [2.45, 2.75) is 44.8 Å². The molecule has 0 aliphatic heterocycles. The third-order valence-corrected chi connectivity index (χ3v) is 5.07. The normalized spacial score (nSPS) is 18.8. The van der Waals surface area contributed by atoms with Gasteiger partial charge >= 0.3 is 0 Å². The van der Waals surface area contributed by atoms with Crippen LogP contribution in [0, 0.1) is 6.92 Å². The molecule has 3 aromatic rings. The molecule has 0 saturated heterocycles. The average molecular weight is 389 g/mol. The van der Waals surface area contributed by atoms with Gasteiger partial charge in [0.25, 0.3) is 5.91 Å². The summed E-state index contributed by atoms with van der Waals surface area (Å²) in [7, 11) is 0. The number of nitrogens with zero attached hydrogens (tertiary/aromatic N) is 4. The van der Waals surface area contributed by atoms with E-state index in [0.29, 0.717) is 17.1 Å². The molecule has 29 heavy (non-hydrogen) atoms. The minimum absolute atomic E-state index is 0.132. The molecule has 0 bridgehead atoms. The van der Waals surface area contributed by atoms with Crippen molar-refractivity contribution in [2.75, 3.05) is 0 Å². The SMILES string of the molecule is Cc1ncccc1OC1CCC(NC(=O)c2cnc(-c3ccccn3)nc2)CC1. The fraction of sp³-hybridized carbons (Fsp3) is 0.318. The lowest BCUT2D eigenvalue weighted by Gasteiger charge is -2.29. The number of amides is 1. The number of nitrogens with one attached hydrogen (secondary N) is 1. The summed E-state index contributed by atoms with van der Waals surface area (Å²) in [5.74, 6) is 1.20. The summed E-state index contributed by atoms with van der Waals surface area (Å²) in [5, 5.41) is 3.09. The fourth-order valence-electron chi connectivity index (χ4n) is 3.44. The third kappa shape index (κ3) is 4.74. The Kier molecular flexibility index (Phi) is 5.74. The van der Waals surface area contributed by atoms with Gasteiger partial charge in [-0.05, 0) is 56.9 Å². The Hall–Kier alpha value is -3.35. The van der Waals surface area contributed by atoms with Gasteiger partial charge in [-0.15, -0.1) is 0 Å². The van der Waals surface area contributed by atoms with Crippen molar-refractivity contribution in [1.82, 2.24) is 25.3 Å². The lowest BCUT2D eigenvalue weighted by Crippen LogP contribution is -2.39. The van der Waals surface area contributed by atoms with Crippen molar-refractivity contribution in [3.63, 3.8) is 0 Å². The summed E-state index contributed by atoms with van der Waals surface area (Å²) in [6.07, 6.45) is 10.3. The van der Waals surface area contributed by atoms with Gasteiger partial charge in [-0.2, -0.15) is 0 Å². The highest BCUT2D eigenvalue weighted by Crippen LogP contribution is 2.25. The molecule has 0 aromatic carbocycles. The highest BCUT2D eigenvalue weighted by molar-refractivity contribution is 5.93. The van der Waals surface area contributed by atoms with Crippen LogP contribution in [0.1, 0.15) is 41.7 Å². The molecular weight excluding hydrogens is 366 g/mol. The van der Waals surface area contributed by atoms with Gasteiger partial charge in [-0.1, -0.05) is 6.07 Å². The molecule has 0 spiro atoms. The predicted octanol–water partition coefficient (Wildman–Crippen LogP) is 3.36. The Morgan fingerprint density at radius 3 is 2.41 bits per heavy atom. The quantitative estimate of drug-likeness (QED) is 0.720. The second kappa shape index (κ2) is 8.77. The molecule has 1 aliphatic carbocycles. The number of hydrogen-bond donors (Lipinski definition) is 1. The monoisotopic (exact) mass is 389 g/mol. The van der Waals surface area contributed by atoms with Crippen molar-refractivity contribution >= 4 is 5.91 Å². The highest BCUT2D eigenvalue weighted by atomic mass is 16.5. The number of ether oxygens (including phenoxy) is 1. The molecule has 3 aromatic heterocycles. The van der Waals surface area contributed by atoms with E-state index in [-0.39, 0.29) is 18.1 Å². The Balaban J connectivity index is 1.29. The third-order valence-electron chi connectivity index (χ3n) is 5.07. The van der Waals surface area contributed by atoms with Crippen LogP contribution in [0.3, 0.4) is 0 Å². The van der Waals surface area contributed by atoms with Gasteiger partial charge in [0, 0.05) is 30.8 Å². The van der Waals surface area contributed by atoms with Gasteiger partial charge in [0.1, 0.15) is 11.4 Å².